The van der Waals surface area contributed by atoms with E-state index in [0.717, 1.165) is 19.5 Å². The van der Waals surface area contributed by atoms with Gasteiger partial charge in [0.05, 0.1) is 0 Å². The number of rotatable bonds is 9. The van der Waals surface area contributed by atoms with Gasteiger partial charge in [0.2, 0.25) is 5.91 Å². The Hall–Kier alpha value is -0.570. The van der Waals surface area contributed by atoms with Crippen LogP contribution in [0, 0.1) is 5.92 Å². The lowest BCUT2D eigenvalue weighted by atomic mass is 10.1. The molecule has 3 heteroatoms. The predicted molar refractivity (Wildman–Crippen MR) is 74.1 cm³/mol. The van der Waals surface area contributed by atoms with Crippen molar-refractivity contribution in [2.24, 2.45) is 5.92 Å². The van der Waals surface area contributed by atoms with Gasteiger partial charge in [-0.3, -0.25) is 4.79 Å². The molecule has 0 aromatic rings. The average molecular weight is 242 g/mol. The highest BCUT2D eigenvalue weighted by Crippen LogP contribution is 2.01. The highest BCUT2D eigenvalue weighted by molar-refractivity contribution is 5.75. The quantitative estimate of drug-likeness (QED) is 0.630. The third kappa shape index (κ3) is 10.3. The van der Waals surface area contributed by atoms with Crippen LogP contribution in [0.3, 0.4) is 0 Å². The van der Waals surface area contributed by atoms with Gasteiger partial charge in [0.15, 0.2) is 0 Å². The Balaban J connectivity index is 3.32. The van der Waals surface area contributed by atoms with E-state index in [9.17, 15) is 4.79 Å². The summed E-state index contributed by atoms with van der Waals surface area (Å²) in [6.45, 7) is 10.6. The maximum atomic E-state index is 11.4. The van der Waals surface area contributed by atoms with E-state index in [2.05, 4.69) is 45.0 Å². The van der Waals surface area contributed by atoms with Crippen LogP contribution in [0.15, 0.2) is 0 Å². The van der Waals surface area contributed by atoms with Crippen LogP contribution in [0.25, 0.3) is 0 Å². The van der Waals surface area contributed by atoms with Crippen LogP contribution in [0.1, 0.15) is 53.4 Å². The van der Waals surface area contributed by atoms with Gasteiger partial charge in [-0.05, 0) is 46.2 Å². The lowest BCUT2D eigenvalue weighted by Gasteiger charge is -2.20. The topological polar surface area (TPSA) is 32.3 Å². The highest BCUT2D eigenvalue weighted by atomic mass is 16.1. The van der Waals surface area contributed by atoms with Crippen molar-refractivity contribution in [2.75, 3.05) is 20.1 Å². The van der Waals surface area contributed by atoms with Gasteiger partial charge in [0, 0.05) is 19.0 Å². The van der Waals surface area contributed by atoms with Crippen LogP contribution >= 0.6 is 0 Å². The lowest BCUT2D eigenvalue weighted by molar-refractivity contribution is -0.121. The van der Waals surface area contributed by atoms with Crippen molar-refractivity contribution in [3.63, 3.8) is 0 Å². The van der Waals surface area contributed by atoms with Crippen molar-refractivity contribution in [3.8, 4) is 0 Å². The largest absolute Gasteiger partial charge is 0.356 e. The molecular formula is C14H30N2O. The number of unbranched alkanes of at least 4 members (excludes halogenated alkanes) is 2. The standard InChI is InChI=1S/C14H30N2O/c1-12(2)11-14(17)15-9-7-6-8-10-16(5)13(3)4/h12-13H,6-11H2,1-5H3,(H,15,17). The molecule has 0 fully saturated rings. The molecule has 17 heavy (non-hydrogen) atoms. The Labute approximate surface area is 107 Å². The van der Waals surface area contributed by atoms with Gasteiger partial charge in [0.25, 0.3) is 0 Å². The second-order valence-electron chi connectivity index (χ2n) is 5.58. The fraction of sp³-hybridized carbons (Fsp3) is 0.929. The minimum absolute atomic E-state index is 0.194. The first-order valence-corrected chi connectivity index (χ1v) is 6.90. The van der Waals surface area contributed by atoms with Gasteiger partial charge in [-0.1, -0.05) is 20.3 Å². The molecule has 0 aromatic carbocycles. The molecule has 0 rings (SSSR count). The van der Waals surface area contributed by atoms with E-state index < -0.39 is 0 Å². The highest BCUT2D eigenvalue weighted by Gasteiger charge is 2.04. The minimum atomic E-state index is 0.194. The van der Waals surface area contributed by atoms with Crippen LogP contribution in [0.5, 0.6) is 0 Å². The Morgan fingerprint density at radius 1 is 1.12 bits per heavy atom. The molecule has 1 N–H and O–H groups in total. The first kappa shape index (κ1) is 16.4. The zero-order chi connectivity index (χ0) is 13.3. The lowest BCUT2D eigenvalue weighted by Crippen LogP contribution is -2.28. The minimum Gasteiger partial charge on any atom is -0.356 e. The second kappa shape index (κ2) is 9.46. The summed E-state index contributed by atoms with van der Waals surface area (Å²) < 4.78 is 0. The number of carbonyl (C=O) groups is 1. The number of amides is 1. The molecule has 0 spiro atoms. The smallest absolute Gasteiger partial charge is 0.220 e. The molecule has 0 aromatic heterocycles. The van der Waals surface area contributed by atoms with E-state index in [1.807, 2.05) is 0 Å². The number of hydrogen-bond donors (Lipinski definition) is 1. The van der Waals surface area contributed by atoms with E-state index in [4.69, 9.17) is 0 Å². The average Bonchev–Trinajstić information content (AvgIpc) is 2.21. The number of carbonyl (C=O) groups excluding carboxylic acids is 1. The van der Waals surface area contributed by atoms with Crippen LogP contribution in [0.4, 0.5) is 0 Å². The van der Waals surface area contributed by atoms with Gasteiger partial charge >= 0.3 is 0 Å². The molecule has 1 amide bonds. The molecule has 0 heterocycles. The second-order valence-corrected chi connectivity index (χ2v) is 5.58. The molecule has 0 aliphatic rings. The number of hydrogen-bond acceptors (Lipinski definition) is 2. The summed E-state index contributed by atoms with van der Waals surface area (Å²) in [5, 5.41) is 2.97. The first-order chi connectivity index (χ1) is 7.93. The van der Waals surface area contributed by atoms with Crippen molar-refractivity contribution >= 4 is 5.91 Å². The third-order valence-corrected chi connectivity index (χ3v) is 2.98. The van der Waals surface area contributed by atoms with Crippen molar-refractivity contribution in [1.29, 1.82) is 0 Å². The third-order valence-electron chi connectivity index (χ3n) is 2.98. The van der Waals surface area contributed by atoms with Gasteiger partial charge < -0.3 is 10.2 Å². The van der Waals surface area contributed by atoms with E-state index in [1.54, 1.807) is 0 Å². The van der Waals surface area contributed by atoms with Gasteiger partial charge in [0.1, 0.15) is 0 Å². The molecule has 0 aliphatic carbocycles. The molecule has 0 saturated heterocycles. The van der Waals surface area contributed by atoms with E-state index in [0.29, 0.717) is 18.4 Å². The zero-order valence-electron chi connectivity index (χ0n) is 12.3. The van der Waals surface area contributed by atoms with Crippen molar-refractivity contribution in [1.82, 2.24) is 10.2 Å². The van der Waals surface area contributed by atoms with Gasteiger partial charge in [-0.15, -0.1) is 0 Å². The molecule has 0 atom stereocenters. The SMILES string of the molecule is CC(C)CC(=O)NCCCCCN(C)C(C)C. The summed E-state index contributed by atoms with van der Waals surface area (Å²) in [4.78, 5) is 13.7. The van der Waals surface area contributed by atoms with Crippen molar-refractivity contribution in [2.45, 2.75) is 59.4 Å². The Morgan fingerprint density at radius 2 is 1.76 bits per heavy atom. The maximum absolute atomic E-state index is 11.4. The van der Waals surface area contributed by atoms with Gasteiger partial charge in [-0.2, -0.15) is 0 Å². The summed E-state index contributed by atoms with van der Waals surface area (Å²) in [6, 6.07) is 0.626. The van der Waals surface area contributed by atoms with Crippen LogP contribution in [0.2, 0.25) is 0 Å². The maximum Gasteiger partial charge on any atom is 0.220 e. The van der Waals surface area contributed by atoms with E-state index in [1.165, 1.54) is 12.8 Å². The Morgan fingerprint density at radius 3 is 2.29 bits per heavy atom. The fourth-order valence-electron chi connectivity index (χ4n) is 1.59. The zero-order valence-corrected chi connectivity index (χ0v) is 12.3. The van der Waals surface area contributed by atoms with Crippen LogP contribution in [-0.2, 0) is 4.79 Å². The summed E-state index contributed by atoms with van der Waals surface area (Å²) in [5.74, 6) is 0.647. The van der Waals surface area contributed by atoms with Crippen LogP contribution < -0.4 is 5.32 Å². The first-order valence-electron chi connectivity index (χ1n) is 6.90. The normalized spacial score (nSPS) is 11.5. The Kier molecular flexibility index (Phi) is 9.14. The number of nitrogens with one attached hydrogen (secondary N) is 1. The molecule has 0 bridgehead atoms. The summed E-state index contributed by atoms with van der Waals surface area (Å²) >= 11 is 0. The summed E-state index contributed by atoms with van der Waals surface area (Å²) in [6.07, 6.45) is 4.15. The predicted octanol–water partition coefficient (Wildman–Crippen LogP) is 2.66. The molecule has 3 nitrogen and oxygen atoms in total. The molecule has 0 unspecified atom stereocenters. The summed E-state index contributed by atoms with van der Waals surface area (Å²) in [5.41, 5.74) is 0. The van der Waals surface area contributed by atoms with Crippen molar-refractivity contribution < 1.29 is 4.79 Å². The van der Waals surface area contributed by atoms with Crippen molar-refractivity contribution in [3.05, 3.63) is 0 Å². The Bertz CT molecular complexity index is 202. The van der Waals surface area contributed by atoms with E-state index >= 15 is 0 Å². The van der Waals surface area contributed by atoms with Gasteiger partial charge in [-0.25, -0.2) is 0 Å². The van der Waals surface area contributed by atoms with Crippen LogP contribution in [-0.4, -0.2) is 37.0 Å². The molecule has 0 radical (unpaired) electrons. The monoisotopic (exact) mass is 242 g/mol. The number of nitrogens with zero attached hydrogens (tertiary/aromatic N) is 1. The van der Waals surface area contributed by atoms with E-state index in [-0.39, 0.29) is 5.91 Å². The summed E-state index contributed by atoms with van der Waals surface area (Å²) in [7, 11) is 2.16. The fourth-order valence-corrected chi connectivity index (χ4v) is 1.59. The molecule has 0 saturated carbocycles. The molecule has 102 valence electrons. The molecule has 0 aliphatic heterocycles. The molecular weight excluding hydrogens is 212 g/mol.